The Balaban J connectivity index is 2.09. The fraction of sp³-hybridized carbons (Fsp3) is 0.800. The zero-order valence-corrected chi connectivity index (χ0v) is 8.01. The molecule has 1 aliphatic carbocycles. The van der Waals surface area contributed by atoms with Crippen LogP contribution in [0.3, 0.4) is 0 Å². The fourth-order valence-corrected chi connectivity index (χ4v) is 3.07. The van der Waals surface area contributed by atoms with Gasteiger partial charge in [0.15, 0.2) is 12.6 Å². The third-order valence-corrected chi connectivity index (χ3v) is 3.94. The first-order valence-corrected chi connectivity index (χ1v) is 4.92. The number of fused-ring (bicyclic) bond motifs is 1. The average molecular weight is 198 g/mol. The van der Waals surface area contributed by atoms with Crippen molar-refractivity contribution in [2.75, 3.05) is 0 Å². The fourth-order valence-electron chi connectivity index (χ4n) is 3.07. The molecule has 6 atom stereocenters. The van der Waals surface area contributed by atoms with E-state index in [0.717, 1.165) is 5.57 Å². The van der Waals surface area contributed by atoms with Gasteiger partial charge in [-0.25, -0.2) is 0 Å². The molecular weight excluding hydrogens is 184 g/mol. The third kappa shape index (κ3) is 0.787. The summed E-state index contributed by atoms with van der Waals surface area (Å²) in [5, 5.41) is 19.6. The Morgan fingerprint density at radius 2 is 2.21 bits per heavy atom. The van der Waals surface area contributed by atoms with Crippen molar-refractivity contribution in [3.63, 3.8) is 0 Å². The number of aliphatic hydroxyl groups is 2. The predicted molar refractivity (Wildman–Crippen MR) is 47.1 cm³/mol. The smallest absolute Gasteiger partial charge is 0.183 e. The van der Waals surface area contributed by atoms with Crippen molar-refractivity contribution in [2.45, 2.75) is 37.6 Å². The van der Waals surface area contributed by atoms with E-state index in [1.54, 1.807) is 0 Å². The van der Waals surface area contributed by atoms with Crippen LogP contribution in [-0.2, 0) is 9.47 Å². The summed E-state index contributed by atoms with van der Waals surface area (Å²) in [5.41, 5.74) is 0.197. The minimum absolute atomic E-state index is 0.137. The van der Waals surface area contributed by atoms with Gasteiger partial charge >= 0.3 is 0 Å². The molecule has 3 saturated heterocycles. The van der Waals surface area contributed by atoms with E-state index in [0.29, 0.717) is 6.42 Å². The van der Waals surface area contributed by atoms with Gasteiger partial charge in [-0.2, -0.15) is 0 Å². The van der Waals surface area contributed by atoms with Crippen molar-refractivity contribution in [2.24, 2.45) is 11.8 Å². The van der Waals surface area contributed by atoms with Crippen LogP contribution in [0.2, 0.25) is 0 Å². The minimum Gasteiger partial charge on any atom is -0.390 e. The van der Waals surface area contributed by atoms with E-state index < -0.39 is 24.3 Å². The summed E-state index contributed by atoms with van der Waals surface area (Å²) < 4.78 is 10.8. The van der Waals surface area contributed by atoms with Gasteiger partial charge in [0.25, 0.3) is 0 Å². The average Bonchev–Trinajstić information content (AvgIpc) is 2.33. The summed E-state index contributed by atoms with van der Waals surface area (Å²) in [7, 11) is 0. The highest BCUT2D eigenvalue weighted by Gasteiger charge is 2.65. The van der Waals surface area contributed by atoms with Crippen LogP contribution in [0.1, 0.15) is 13.3 Å². The molecular formula is C10H14O4. The van der Waals surface area contributed by atoms with E-state index in [9.17, 15) is 10.2 Å². The Bertz CT molecular complexity index is 302. The maximum atomic E-state index is 9.88. The van der Waals surface area contributed by atoms with Crippen molar-refractivity contribution >= 4 is 0 Å². The van der Waals surface area contributed by atoms with Gasteiger partial charge in [-0.1, -0.05) is 6.58 Å². The van der Waals surface area contributed by atoms with E-state index in [4.69, 9.17) is 9.47 Å². The van der Waals surface area contributed by atoms with Crippen molar-refractivity contribution in [3.8, 4) is 0 Å². The first-order valence-electron chi connectivity index (χ1n) is 4.92. The van der Waals surface area contributed by atoms with Crippen LogP contribution in [-0.4, -0.2) is 34.5 Å². The van der Waals surface area contributed by atoms with Gasteiger partial charge in [-0.05, 0) is 24.8 Å². The molecule has 4 heteroatoms. The van der Waals surface area contributed by atoms with Gasteiger partial charge in [-0.3, -0.25) is 0 Å². The third-order valence-electron chi connectivity index (χ3n) is 3.94. The van der Waals surface area contributed by atoms with Crippen molar-refractivity contribution in [1.29, 1.82) is 0 Å². The Labute approximate surface area is 82.1 Å². The maximum Gasteiger partial charge on any atom is 0.183 e. The molecule has 0 amide bonds. The first-order chi connectivity index (χ1) is 6.54. The molecule has 4 bridgehead atoms. The van der Waals surface area contributed by atoms with Gasteiger partial charge in [0.05, 0.1) is 6.10 Å². The van der Waals surface area contributed by atoms with Crippen molar-refractivity contribution in [3.05, 3.63) is 12.2 Å². The second-order valence-electron chi connectivity index (χ2n) is 4.62. The quantitative estimate of drug-likeness (QED) is 0.538. The number of rotatable bonds is 0. The van der Waals surface area contributed by atoms with Crippen LogP contribution in [0, 0.1) is 11.8 Å². The van der Waals surface area contributed by atoms with E-state index in [1.807, 2.05) is 6.92 Å². The molecule has 3 aliphatic heterocycles. The highest BCUT2D eigenvalue weighted by atomic mass is 16.8. The van der Waals surface area contributed by atoms with Crippen LogP contribution in [0.4, 0.5) is 0 Å². The van der Waals surface area contributed by atoms with Crippen LogP contribution in [0.15, 0.2) is 12.2 Å². The topological polar surface area (TPSA) is 58.9 Å². The monoisotopic (exact) mass is 198 g/mol. The normalized spacial score (nSPS) is 60.8. The summed E-state index contributed by atoms with van der Waals surface area (Å²) in [6.07, 6.45) is -1.27. The molecule has 2 N–H and O–H groups in total. The predicted octanol–water partition coefficient (Wildman–Crippen LogP) is 0.00320. The highest BCUT2D eigenvalue weighted by Crippen LogP contribution is 2.57. The second kappa shape index (κ2) is 2.39. The molecule has 6 unspecified atom stereocenters. The molecule has 0 aromatic carbocycles. The zero-order chi connectivity index (χ0) is 10.1. The molecule has 4 rings (SSSR count). The van der Waals surface area contributed by atoms with E-state index >= 15 is 0 Å². The summed E-state index contributed by atoms with van der Waals surface area (Å²) in [5.74, 6) is -0.0347. The summed E-state index contributed by atoms with van der Waals surface area (Å²) >= 11 is 0. The van der Waals surface area contributed by atoms with Crippen LogP contribution in [0.25, 0.3) is 0 Å². The molecule has 14 heavy (non-hydrogen) atoms. The Hall–Kier alpha value is -0.420. The SMILES string of the molecule is C=C1C2OC(O)C3C1CC(O)C3(C)O2. The van der Waals surface area contributed by atoms with Gasteiger partial charge in [0.1, 0.15) is 5.60 Å². The number of aliphatic hydroxyl groups excluding tert-OH is 2. The first kappa shape index (κ1) is 8.85. The lowest BCUT2D eigenvalue weighted by Crippen LogP contribution is -2.61. The van der Waals surface area contributed by atoms with E-state index in [1.165, 1.54) is 0 Å². The molecule has 1 saturated carbocycles. The zero-order valence-electron chi connectivity index (χ0n) is 8.01. The number of hydrogen-bond donors (Lipinski definition) is 2. The molecule has 0 aromatic rings. The largest absolute Gasteiger partial charge is 0.390 e. The Morgan fingerprint density at radius 3 is 2.86 bits per heavy atom. The lowest BCUT2D eigenvalue weighted by molar-refractivity contribution is -0.364. The molecule has 4 nitrogen and oxygen atoms in total. The van der Waals surface area contributed by atoms with Crippen molar-refractivity contribution in [1.82, 2.24) is 0 Å². The molecule has 4 fully saturated rings. The van der Waals surface area contributed by atoms with Gasteiger partial charge < -0.3 is 19.7 Å². The van der Waals surface area contributed by atoms with Gasteiger partial charge in [-0.15, -0.1) is 0 Å². The van der Waals surface area contributed by atoms with Crippen LogP contribution >= 0.6 is 0 Å². The second-order valence-corrected chi connectivity index (χ2v) is 4.62. The van der Waals surface area contributed by atoms with Crippen molar-refractivity contribution < 1.29 is 19.7 Å². The lowest BCUT2D eigenvalue weighted by Gasteiger charge is -2.51. The van der Waals surface area contributed by atoms with E-state index in [2.05, 4.69) is 6.58 Å². The van der Waals surface area contributed by atoms with Gasteiger partial charge in [0.2, 0.25) is 0 Å². The number of ether oxygens (including phenoxy) is 2. The van der Waals surface area contributed by atoms with E-state index in [-0.39, 0.29) is 11.8 Å². The molecule has 0 spiro atoms. The summed E-state index contributed by atoms with van der Waals surface area (Å²) in [6, 6.07) is 0. The highest BCUT2D eigenvalue weighted by molar-refractivity contribution is 5.23. The van der Waals surface area contributed by atoms with Crippen LogP contribution in [0.5, 0.6) is 0 Å². The molecule has 0 aromatic heterocycles. The standard InChI is InChI=1S/C10H14O4/c1-4-5-3-6(11)10(2)7(5)8(12)13-9(4)14-10/h5-9,11-12H,1,3H2,2H3. The Morgan fingerprint density at radius 1 is 1.50 bits per heavy atom. The van der Waals surface area contributed by atoms with Crippen LogP contribution < -0.4 is 0 Å². The number of hydrogen-bond acceptors (Lipinski definition) is 4. The van der Waals surface area contributed by atoms with Gasteiger partial charge in [0, 0.05) is 5.92 Å². The summed E-state index contributed by atoms with van der Waals surface area (Å²) in [6.45, 7) is 5.74. The molecule has 4 aliphatic rings. The Kier molecular flexibility index (Phi) is 1.51. The minimum atomic E-state index is -0.827. The molecule has 0 radical (unpaired) electrons. The molecule has 3 heterocycles. The summed E-state index contributed by atoms with van der Waals surface area (Å²) in [4.78, 5) is 0. The maximum absolute atomic E-state index is 9.88. The lowest BCUT2D eigenvalue weighted by atomic mass is 9.77. The molecule has 78 valence electrons.